The molecule has 7 heteroatoms. The van der Waals surface area contributed by atoms with Crippen molar-refractivity contribution in [3.05, 3.63) is 35.6 Å². The average molecular weight is 394 g/mol. The third-order valence-corrected chi connectivity index (χ3v) is 5.54. The predicted molar refractivity (Wildman–Crippen MR) is 102 cm³/mol. The van der Waals surface area contributed by atoms with Crippen LogP contribution in [0.3, 0.4) is 0 Å². The number of aliphatic hydroxyl groups is 3. The maximum absolute atomic E-state index is 12.3. The minimum absolute atomic E-state index is 0.0873. The van der Waals surface area contributed by atoms with Gasteiger partial charge < -0.3 is 24.8 Å². The van der Waals surface area contributed by atoms with Crippen molar-refractivity contribution in [2.45, 2.75) is 64.4 Å². The van der Waals surface area contributed by atoms with E-state index in [9.17, 15) is 24.9 Å². The third kappa shape index (κ3) is 4.54. The number of esters is 1. The van der Waals surface area contributed by atoms with Gasteiger partial charge in [0.05, 0.1) is 18.6 Å². The maximum Gasteiger partial charge on any atom is 0.303 e. The highest BCUT2D eigenvalue weighted by Crippen LogP contribution is 2.37. The van der Waals surface area contributed by atoms with Crippen molar-refractivity contribution in [2.75, 3.05) is 6.61 Å². The number of hydrogen-bond acceptors (Lipinski definition) is 7. The minimum atomic E-state index is -1.82. The first-order chi connectivity index (χ1) is 12.9. The summed E-state index contributed by atoms with van der Waals surface area (Å²) in [4.78, 5) is 23.7. The summed E-state index contributed by atoms with van der Waals surface area (Å²) in [6, 6.07) is 0. The molecule has 0 spiro atoms. The van der Waals surface area contributed by atoms with Crippen LogP contribution in [0.4, 0.5) is 0 Å². The molecule has 156 valence electrons. The first-order valence-electron chi connectivity index (χ1n) is 9.50. The van der Waals surface area contributed by atoms with E-state index in [1.807, 2.05) is 13.8 Å². The predicted octanol–water partition coefficient (Wildman–Crippen LogP) is 1.42. The summed E-state index contributed by atoms with van der Waals surface area (Å²) >= 11 is 0. The molecule has 0 saturated carbocycles. The SMILES string of the molecule is CC[C@H](C)[C@@H](O)C(C)(O)/C=C/C1=CC2=CC(=O)[C@](C)(O)[C@H](OC(C)=O)[C@H]2CO1. The van der Waals surface area contributed by atoms with Crippen LogP contribution in [0.5, 0.6) is 0 Å². The van der Waals surface area contributed by atoms with Crippen molar-refractivity contribution in [2.24, 2.45) is 11.8 Å². The van der Waals surface area contributed by atoms with Crippen molar-refractivity contribution in [3.8, 4) is 0 Å². The lowest BCUT2D eigenvalue weighted by Crippen LogP contribution is -2.56. The number of ketones is 1. The summed E-state index contributed by atoms with van der Waals surface area (Å²) < 4.78 is 10.9. The Balaban J connectivity index is 2.27. The van der Waals surface area contributed by atoms with Gasteiger partial charge in [0, 0.05) is 6.92 Å². The second-order valence-corrected chi connectivity index (χ2v) is 8.04. The molecular formula is C21H30O7. The van der Waals surface area contributed by atoms with E-state index in [4.69, 9.17) is 9.47 Å². The molecule has 1 unspecified atom stereocenters. The minimum Gasteiger partial charge on any atom is -0.493 e. The lowest BCUT2D eigenvalue weighted by atomic mass is 9.75. The van der Waals surface area contributed by atoms with Crippen molar-refractivity contribution in [1.29, 1.82) is 0 Å². The molecular weight excluding hydrogens is 364 g/mol. The lowest BCUT2D eigenvalue weighted by molar-refractivity contribution is -0.174. The molecule has 0 saturated heterocycles. The van der Waals surface area contributed by atoms with Crippen LogP contribution in [0.2, 0.25) is 0 Å². The molecule has 6 atom stereocenters. The van der Waals surface area contributed by atoms with Crippen LogP contribution in [0.25, 0.3) is 0 Å². The van der Waals surface area contributed by atoms with Crippen molar-refractivity contribution < 1.29 is 34.4 Å². The maximum atomic E-state index is 12.3. The standard InChI is InChI=1S/C21H30O7/c1-6-12(2)18(24)20(4,25)8-7-15-9-14-10-17(23)21(5,26)19(28-13(3)22)16(14)11-27-15/h7-10,12,16,18-19,24-26H,6,11H2,1-5H3/b8-7+/t12-,16-,18+,19+,20?,21-/m0/s1. The van der Waals surface area contributed by atoms with Crippen molar-refractivity contribution in [1.82, 2.24) is 0 Å². The highest BCUT2D eigenvalue weighted by Gasteiger charge is 2.50. The highest BCUT2D eigenvalue weighted by molar-refractivity contribution is 5.99. The summed E-state index contributed by atoms with van der Waals surface area (Å²) in [7, 11) is 0. The van der Waals surface area contributed by atoms with Gasteiger partial charge in [-0.2, -0.15) is 0 Å². The molecule has 1 aliphatic heterocycles. The van der Waals surface area contributed by atoms with Crippen molar-refractivity contribution >= 4 is 11.8 Å². The number of carbonyl (C=O) groups excluding carboxylic acids is 2. The van der Waals surface area contributed by atoms with Gasteiger partial charge in [-0.1, -0.05) is 20.3 Å². The Morgan fingerprint density at radius 3 is 2.71 bits per heavy atom. The Hall–Kier alpha value is -1.96. The number of rotatable bonds is 6. The largest absolute Gasteiger partial charge is 0.493 e. The Kier molecular flexibility index (Phi) is 6.53. The van der Waals surface area contributed by atoms with Crippen LogP contribution in [0, 0.1) is 11.8 Å². The second-order valence-electron chi connectivity index (χ2n) is 8.04. The highest BCUT2D eigenvalue weighted by atomic mass is 16.6. The summed E-state index contributed by atoms with van der Waals surface area (Å²) in [6.45, 7) is 7.94. The van der Waals surface area contributed by atoms with Crippen molar-refractivity contribution in [3.63, 3.8) is 0 Å². The summed E-state index contributed by atoms with van der Waals surface area (Å²) in [6.07, 6.45) is 4.67. The van der Waals surface area contributed by atoms with Crippen LogP contribution in [-0.2, 0) is 19.1 Å². The van der Waals surface area contributed by atoms with Crippen LogP contribution in [0.1, 0.15) is 41.0 Å². The molecule has 7 nitrogen and oxygen atoms in total. The fourth-order valence-electron chi connectivity index (χ4n) is 3.46. The van der Waals surface area contributed by atoms with Crippen LogP contribution in [0.15, 0.2) is 35.6 Å². The molecule has 1 aliphatic carbocycles. The molecule has 0 aromatic heterocycles. The molecule has 1 heterocycles. The fraction of sp³-hybridized carbons (Fsp3) is 0.619. The molecule has 0 aromatic carbocycles. The Bertz CT molecular complexity index is 714. The molecule has 0 fully saturated rings. The summed E-state index contributed by atoms with van der Waals surface area (Å²) in [5.41, 5.74) is -2.69. The quantitative estimate of drug-likeness (QED) is 0.584. The fourth-order valence-corrected chi connectivity index (χ4v) is 3.46. The molecule has 3 N–H and O–H groups in total. The monoisotopic (exact) mass is 394 g/mol. The van der Waals surface area contributed by atoms with Crippen LogP contribution >= 0.6 is 0 Å². The Morgan fingerprint density at radius 1 is 1.50 bits per heavy atom. The molecule has 0 amide bonds. The van der Waals surface area contributed by atoms with Crippen LogP contribution < -0.4 is 0 Å². The molecule has 2 aliphatic rings. The lowest BCUT2D eigenvalue weighted by Gasteiger charge is -2.41. The van der Waals surface area contributed by atoms with Gasteiger partial charge in [0.15, 0.2) is 11.4 Å². The first kappa shape index (κ1) is 22.3. The van der Waals surface area contributed by atoms with E-state index in [1.165, 1.54) is 32.9 Å². The summed E-state index contributed by atoms with van der Waals surface area (Å²) in [5, 5.41) is 31.3. The van der Waals surface area contributed by atoms with Gasteiger partial charge in [-0.15, -0.1) is 0 Å². The smallest absolute Gasteiger partial charge is 0.303 e. The molecule has 28 heavy (non-hydrogen) atoms. The Morgan fingerprint density at radius 2 is 2.14 bits per heavy atom. The number of carbonyl (C=O) groups is 2. The van der Waals surface area contributed by atoms with Gasteiger partial charge in [0.25, 0.3) is 0 Å². The average Bonchev–Trinajstić information content (AvgIpc) is 2.62. The Labute approximate surface area is 165 Å². The number of fused-ring (bicyclic) bond motifs is 1. The van der Waals surface area contributed by atoms with Gasteiger partial charge in [-0.3, -0.25) is 9.59 Å². The van der Waals surface area contributed by atoms with E-state index in [2.05, 4.69) is 0 Å². The number of allylic oxidation sites excluding steroid dienone is 2. The van der Waals surface area contributed by atoms with Gasteiger partial charge in [-0.25, -0.2) is 0 Å². The molecule has 2 rings (SSSR count). The van der Waals surface area contributed by atoms with E-state index >= 15 is 0 Å². The molecule has 0 radical (unpaired) electrons. The van der Waals surface area contributed by atoms with Crippen LogP contribution in [-0.4, -0.2) is 57.1 Å². The van der Waals surface area contributed by atoms with E-state index in [0.29, 0.717) is 11.3 Å². The van der Waals surface area contributed by atoms with E-state index < -0.39 is 41.1 Å². The van der Waals surface area contributed by atoms with Gasteiger partial charge in [0.2, 0.25) is 0 Å². The molecule has 0 aromatic rings. The number of ether oxygens (including phenoxy) is 2. The molecule has 0 bridgehead atoms. The topological polar surface area (TPSA) is 113 Å². The zero-order valence-corrected chi connectivity index (χ0v) is 17.0. The second kappa shape index (κ2) is 8.19. The first-order valence-corrected chi connectivity index (χ1v) is 9.50. The number of aliphatic hydroxyl groups excluding tert-OH is 1. The van der Waals surface area contributed by atoms with Gasteiger partial charge in [-0.05, 0) is 49.6 Å². The zero-order chi connectivity index (χ0) is 21.3. The van der Waals surface area contributed by atoms with Gasteiger partial charge >= 0.3 is 5.97 Å². The van der Waals surface area contributed by atoms with E-state index in [0.717, 1.165) is 6.42 Å². The van der Waals surface area contributed by atoms with Gasteiger partial charge in [0.1, 0.15) is 17.5 Å². The zero-order valence-electron chi connectivity index (χ0n) is 17.0. The van der Waals surface area contributed by atoms with E-state index in [1.54, 1.807) is 12.2 Å². The third-order valence-electron chi connectivity index (χ3n) is 5.54. The summed E-state index contributed by atoms with van der Waals surface area (Å²) in [5.74, 6) is -1.32. The normalized spacial score (nSPS) is 31.8. The van der Waals surface area contributed by atoms with E-state index in [-0.39, 0.29) is 12.5 Å². The number of hydrogen-bond donors (Lipinski definition) is 3.